The second-order valence-corrected chi connectivity index (χ2v) is 7.17. The molecule has 2 aromatic rings. The minimum atomic E-state index is -4.70. The summed E-state index contributed by atoms with van der Waals surface area (Å²) in [6.45, 7) is 1.17. The van der Waals surface area contributed by atoms with Crippen LogP contribution in [-0.2, 0) is 25.0 Å². The number of rotatable bonds is 3. The van der Waals surface area contributed by atoms with Crippen LogP contribution in [0, 0.1) is 6.07 Å². The average molecular weight is 344 g/mol. The van der Waals surface area contributed by atoms with Gasteiger partial charge in [-0.2, -0.15) is 16.8 Å². The van der Waals surface area contributed by atoms with Gasteiger partial charge in [-0.25, -0.2) is 0 Å². The molecule has 0 spiro atoms. The monoisotopic (exact) mass is 344 g/mol. The Hall–Kier alpha value is -2.01. The van der Waals surface area contributed by atoms with Gasteiger partial charge in [-0.15, -0.1) is 0 Å². The molecule has 0 heterocycles. The normalized spacial score (nSPS) is 12.3. The maximum absolute atomic E-state index is 11.5. The van der Waals surface area contributed by atoms with Gasteiger partial charge in [0.1, 0.15) is 9.79 Å². The maximum atomic E-state index is 11.5. The molecule has 0 atom stereocenters. The van der Waals surface area contributed by atoms with E-state index in [9.17, 15) is 30.7 Å². The van der Waals surface area contributed by atoms with Gasteiger partial charge in [0.15, 0.2) is 0 Å². The lowest BCUT2D eigenvalue weighted by Crippen LogP contribution is -2.09. The molecule has 117 valence electrons. The summed E-state index contributed by atoms with van der Waals surface area (Å²) in [5.41, 5.74) is -0.0521. The fraction of sp³-hybridized carbons (Fsp3) is 0.0833. The van der Waals surface area contributed by atoms with Crippen LogP contribution in [0.2, 0.25) is 0 Å². The van der Waals surface area contributed by atoms with Gasteiger partial charge in [-0.05, 0) is 30.3 Å². The fourth-order valence-corrected chi connectivity index (χ4v) is 3.35. The zero-order valence-corrected chi connectivity index (χ0v) is 12.7. The van der Waals surface area contributed by atoms with E-state index < -0.39 is 35.9 Å². The number of hydrogen-bond donors (Lipinski definition) is 3. The zero-order valence-electron chi connectivity index (χ0n) is 11.1. The molecule has 3 N–H and O–H groups in total. The van der Waals surface area contributed by atoms with Crippen molar-refractivity contribution in [2.24, 2.45) is 0 Å². The molecule has 0 aliphatic carbocycles. The van der Waals surface area contributed by atoms with Crippen LogP contribution >= 0.6 is 0 Å². The largest absolute Gasteiger partial charge is 0.326 e. The highest BCUT2D eigenvalue weighted by molar-refractivity contribution is 7.86. The molecule has 0 bridgehead atoms. The van der Waals surface area contributed by atoms with Gasteiger partial charge in [0.2, 0.25) is 5.91 Å². The van der Waals surface area contributed by atoms with E-state index in [0.717, 1.165) is 18.2 Å². The van der Waals surface area contributed by atoms with E-state index in [1.54, 1.807) is 0 Å². The average Bonchev–Trinajstić information content (AvgIpc) is 2.34. The molecule has 0 aromatic heterocycles. The standard InChI is InChI=1S/C12H10NO7S2/c1-7(14)13-8-5-10-9(12(6-8)22(18,19)20)3-2-4-11(10)21(15,16)17/h3-6H,1H3,(H,13,14)(H,15,16,17)(H,18,19,20). The van der Waals surface area contributed by atoms with E-state index >= 15 is 0 Å². The van der Waals surface area contributed by atoms with E-state index in [2.05, 4.69) is 11.4 Å². The van der Waals surface area contributed by atoms with Crippen molar-refractivity contribution in [3.8, 4) is 0 Å². The summed E-state index contributed by atoms with van der Waals surface area (Å²) in [4.78, 5) is 9.88. The number of hydrogen-bond acceptors (Lipinski definition) is 5. The lowest BCUT2D eigenvalue weighted by molar-refractivity contribution is -0.114. The van der Waals surface area contributed by atoms with Crippen molar-refractivity contribution in [2.75, 3.05) is 5.32 Å². The number of anilines is 1. The molecule has 2 rings (SSSR count). The second-order valence-electron chi connectivity index (χ2n) is 4.39. The van der Waals surface area contributed by atoms with E-state index in [4.69, 9.17) is 0 Å². The highest BCUT2D eigenvalue weighted by atomic mass is 32.2. The number of amides is 1. The molecule has 8 nitrogen and oxygen atoms in total. The quantitative estimate of drug-likeness (QED) is 0.708. The molecule has 2 aromatic carbocycles. The number of benzene rings is 2. The van der Waals surface area contributed by atoms with Gasteiger partial charge in [-0.1, -0.05) is 0 Å². The van der Waals surface area contributed by atoms with Gasteiger partial charge >= 0.3 is 0 Å². The highest BCUT2D eigenvalue weighted by Crippen LogP contribution is 2.31. The summed E-state index contributed by atoms with van der Waals surface area (Å²) in [5, 5.41) is 1.95. The maximum Gasteiger partial charge on any atom is 0.295 e. The fourth-order valence-electron chi connectivity index (χ4n) is 1.96. The first-order valence-corrected chi connectivity index (χ1v) is 8.58. The Bertz CT molecular complexity index is 978. The Morgan fingerprint density at radius 2 is 1.59 bits per heavy atom. The Morgan fingerprint density at radius 3 is 2.09 bits per heavy atom. The lowest BCUT2D eigenvalue weighted by Gasteiger charge is -2.11. The predicted molar refractivity (Wildman–Crippen MR) is 76.7 cm³/mol. The second kappa shape index (κ2) is 5.32. The van der Waals surface area contributed by atoms with Crippen molar-refractivity contribution in [3.05, 3.63) is 30.3 Å². The van der Waals surface area contributed by atoms with Crippen molar-refractivity contribution in [1.82, 2.24) is 0 Å². The minimum Gasteiger partial charge on any atom is -0.326 e. The molecule has 0 aliphatic rings. The summed E-state index contributed by atoms with van der Waals surface area (Å²) in [6, 6.07) is 6.61. The van der Waals surface area contributed by atoms with Crippen molar-refractivity contribution < 1.29 is 30.7 Å². The van der Waals surface area contributed by atoms with E-state index in [1.807, 2.05) is 0 Å². The van der Waals surface area contributed by atoms with Crippen LogP contribution in [-0.4, -0.2) is 31.8 Å². The lowest BCUT2D eigenvalue weighted by atomic mass is 10.1. The Kier molecular flexibility index (Phi) is 3.96. The third kappa shape index (κ3) is 3.25. The molecular formula is C12H10NO7S2. The van der Waals surface area contributed by atoms with E-state index in [0.29, 0.717) is 0 Å². The summed E-state index contributed by atoms with van der Waals surface area (Å²) < 4.78 is 64.2. The summed E-state index contributed by atoms with van der Waals surface area (Å²) >= 11 is 0. The van der Waals surface area contributed by atoms with Crippen LogP contribution in [0.4, 0.5) is 5.69 Å². The number of fused-ring (bicyclic) bond motifs is 1. The van der Waals surface area contributed by atoms with Gasteiger partial charge < -0.3 is 5.32 Å². The topological polar surface area (TPSA) is 138 Å². The summed E-state index contributed by atoms with van der Waals surface area (Å²) in [5.74, 6) is -0.531. The molecule has 10 heteroatoms. The van der Waals surface area contributed by atoms with Gasteiger partial charge in [0.25, 0.3) is 20.2 Å². The van der Waals surface area contributed by atoms with Crippen LogP contribution in [0.5, 0.6) is 0 Å². The molecule has 0 unspecified atom stereocenters. The molecule has 0 saturated heterocycles. The summed E-state index contributed by atoms with van der Waals surface area (Å²) in [7, 11) is -9.36. The Morgan fingerprint density at radius 1 is 1.00 bits per heavy atom. The molecule has 1 amide bonds. The van der Waals surface area contributed by atoms with E-state index in [1.165, 1.54) is 13.0 Å². The number of nitrogens with one attached hydrogen (secondary N) is 1. The molecular weight excluding hydrogens is 334 g/mol. The molecule has 0 fully saturated rings. The van der Waals surface area contributed by atoms with Crippen molar-refractivity contribution >= 4 is 42.6 Å². The summed E-state index contributed by atoms with van der Waals surface area (Å²) in [6.07, 6.45) is 0. The van der Waals surface area contributed by atoms with Crippen LogP contribution in [0.15, 0.2) is 34.1 Å². The van der Waals surface area contributed by atoms with Gasteiger partial charge in [0.05, 0.1) is 0 Å². The van der Waals surface area contributed by atoms with Crippen LogP contribution in [0.3, 0.4) is 0 Å². The first kappa shape index (κ1) is 16.4. The van der Waals surface area contributed by atoms with Gasteiger partial charge in [0, 0.05) is 23.4 Å². The molecule has 0 saturated carbocycles. The highest BCUT2D eigenvalue weighted by Gasteiger charge is 2.21. The van der Waals surface area contributed by atoms with Gasteiger partial charge in [-0.3, -0.25) is 13.9 Å². The van der Waals surface area contributed by atoms with Crippen LogP contribution in [0.1, 0.15) is 6.92 Å². The number of carbonyl (C=O) groups excluding carboxylic acids is 1. The Labute approximate surface area is 126 Å². The first-order chi connectivity index (χ1) is 10.00. The molecule has 22 heavy (non-hydrogen) atoms. The Balaban J connectivity index is 2.98. The van der Waals surface area contributed by atoms with Crippen molar-refractivity contribution in [3.63, 3.8) is 0 Å². The molecule has 1 radical (unpaired) electrons. The van der Waals surface area contributed by atoms with Crippen LogP contribution in [0.25, 0.3) is 10.8 Å². The molecule has 0 aliphatic heterocycles. The third-order valence-electron chi connectivity index (χ3n) is 2.73. The first-order valence-electron chi connectivity index (χ1n) is 5.70. The predicted octanol–water partition coefficient (Wildman–Crippen LogP) is 1.09. The van der Waals surface area contributed by atoms with Crippen LogP contribution < -0.4 is 5.32 Å². The van der Waals surface area contributed by atoms with Crippen molar-refractivity contribution in [2.45, 2.75) is 16.7 Å². The minimum absolute atomic E-state index is 0.0521. The third-order valence-corrected chi connectivity index (χ3v) is 4.51. The van der Waals surface area contributed by atoms with E-state index in [-0.39, 0.29) is 16.5 Å². The van der Waals surface area contributed by atoms with Crippen molar-refractivity contribution in [1.29, 1.82) is 0 Å². The number of carbonyl (C=O) groups is 1. The SMILES string of the molecule is CC(=O)Nc1cc(S(=O)(=O)O)c2c[c]cc(S(=O)(=O)O)c2c1. The smallest absolute Gasteiger partial charge is 0.295 e. The zero-order chi connectivity index (χ0) is 16.7.